The number of hydrogen-bond acceptors (Lipinski definition) is 5. The molecule has 3 aromatic rings. The van der Waals surface area contributed by atoms with Gasteiger partial charge in [-0.15, -0.1) is 0 Å². The van der Waals surface area contributed by atoms with Crippen LogP contribution in [0, 0.1) is 6.92 Å². The van der Waals surface area contributed by atoms with Gasteiger partial charge in [0.15, 0.2) is 5.82 Å². The number of halogens is 1. The molecule has 0 radical (unpaired) electrons. The van der Waals surface area contributed by atoms with Crippen LogP contribution >= 0.6 is 11.6 Å². The number of anilines is 3. The fourth-order valence-corrected chi connectivity index (χ4v) is 2.25. The summed E-state index contributed by atoms with van der Waals surface area (Å²) in [6.45, 7) is 1.93. The number of aromatic nitrogens is 4. The average molecular weight is 315 g/mol. The summed E-state index contributed by atoms with van der Waals surface area (Å²) < 4.78 is 1.72. The zero-order valence-electron chi connectivity index (χ0n) is 12.2. The van der Waals surface area contributed by atoms with E-state index >= 15 is 0 Å². The molecule has 1 aromatic carbocycles. The Bertz CT molecular complexity index is 798. The van der Waals surface area contributed by atoms with Crippen molar-refractivity contribution in [1.82, 2.24) is 19.7 Å². The maximum absolute atomic E-state index is 6.20. The Balaban J connectivity index is 2.01. The van der Waals surface area contributed by atoms with Gasteiger partial charge < -0.3 is 10.6 Å². The molecule has 0 unspecified atom stereocenters. The maximum atomic E-state index is 6.20. The van der Waals surface area contributed by atoms with Crippen molar-refractivity contribution in [3.05, 3.63) is 53.4 Å². The van der Waals surface area contributed by atoms with Gasteiger partial charge in [-0.3, -0.25) is 0 Å². The molecule has 2 N–H and O–H groups in total. The fourth-order valence-electron chi connectivity index (χ4n) is 2.06. The van der Waals surface area contributed by atoms with E-state index in [9.17, 15) is 0 Å². The second kappa shape index (κ2) is 6.03. The molecule has 0 fully saturated rings. The minimum Gasteiger partial charge on any atom is -0.373 e. The second-order valence-corrected chi connectivity index (χ2v) is 5.11. The van der Waals surface area contributed by atoms with E-state index in [0.717, 1.165) is 23.0 Å². The highest BCUT2D eigenvalue weighted by Crippen LogP contribution is 2.26. The zero-order valence-corrected chi connectivity index (χ0v) is 13.0. The highest BCUT2D eigenvalue weighted by atomic mass is 35.5. The summed E-state index contributed by atoms with van der Waals surface area (Å²) in [6, 6.07) is 11.3. The highest BCUT2D eigenvalue weighted by molar-refractivity contribution is 6.33. The molecule has 0 aliphatic heterocycles. The lowest BCUT2D eigenvalue weighted by atomic mass is 10.3. The Morgan fingerprint density at radius 3 is 2.73 bits per heavy atom. The number of benzene rings is 1. The lowest BCUT2D eigenvalue weighted by molar-refractivity contribution is 0.833. The molecule has 2 heterocycles. The molecule has 3 rings (SSSR count). The largest absolute Gasteiger partial charge is 0.373 e. The van der Waals surface area contributed by atoms with Crippen molar-refractivity contribution in [2.24, 2.45) is 0 Å². The minimum atomic E-state index is 0.645. The number of hydrogen-bond donors (Lipinski definition) is 2. The van der Waals surface area contributed by atoms with Gasteiger partial charge in [-0.05, 0) is 19.1 Å². The molecule has 7 heteroatoms. The van der Waals surface area contributed by atoms with Crippen molar-refractivity contribution < 1.29 is 0 Å². The number of aryl methyl sites for hydroxylation is 1. The molecule has 0 saturated heterocycles. The van der Waals surface area contributed by atoms with E-state index in [4.69, 9.17) is 11.6 Å². The van der Waals surface area contributed by atoms with E-state index in [1.54, 1.807) is 4.68 Å². The number of para-hydroxylation sites is 1. The molecule has 0 aliphatic rings. The normalized spacial score (nSPS) is 10.5. The SMILES string of the molecule is CNc1cc(-n2nc(C)cc2Nc2ccccc2Cl)ncn1. The van der Waals surface area contributed by atoms with Crippen molar-refractivity contribution >= 4 is 28.9 Å². The third-order valence-corrected chi connectivity index (χ3v) is 3.42. The molecule has 2 aromatic heterocycles. The summed E-state index contributed by atoms with van der Waals surface area (Å²) in [4.78, 5) is 8.39. The first-order valence-corrected chi connectivity index (χ1v) is 7.13. The Kier molecular flexibility index (Phi) is 3.93. The van der Waals surface area contributed by atoms with Crippen LogP contribution in [0.25, 0.3) is 5.82 Å². The Hall–Kier alpha value is -2.60. The van der Waals surface area contributed by atoms with Gasteiger partial charge in [0, 0.05) is 19.2 Å². The third-order valence-electron chi connectivity index (χ3n) is 3.09. The van der Waals surface area contributed by atoms with Crippen LogP contribution in [0.2, 0.25) is 5.02 Å². The number of nitrogens with one attached hydrogen (secondary N) is 2. The predicted molar refractivity (Wildman–Crippen MR) is 88.2 cm³/mol. The summed E-state index contributed by atoms with van der Waals surface area (Å²) in [7, 11) is 1.81. The predicted octanol–water partition coefficient (Wildman–Crippen LogP) is 3.41. The van der Waals surface area contributed by atoms with Crippen LogP contribution in [0.1, 0.15) is 5.69 Å². The van der Waals surface area contributed by atoms with Gasteiger partial charge in [-0.1, -0.05) is 23.7 Å². The molecule has 6 nitrogen and oxygen atoms in total. The second-order valence-electron chi connectivity index (χ2n) is 4.70. The van der Waals surface area contributed by atoms with Crippen LogP contribution in [0.4, 0.5) is 17.3 Å². The van der Waals surface area contributed by atoms with Crippen molar-refractivity contribution in [3.63, 3.8) is 0 Å². The van der Waals surface area contributed by atoms with E-state index in [2.05, 4.69) is 25.7 Å². The summed E-state index contributed by atoms with van der Waals surface area (Å²) >= 11 is 6.20. The van der Waals surface area contributed by atoms with Crippen LogP contribution < -0.4 is 10.6 Å². The molecule has 0 saturated carbocycles. The summed E-state index contributed by atoms with van der Waals surface area (Å²) in [5, 5.41) is 11.4. The van der Waals surface area contributed by atoms with E-state index in [1.165, 1.54) is 6.33 Å². The quantitative estimate of drug-likeness (QED) is 0.772. The third kappa shape index (κ3) is 2.87. The average Bonchev–Trinajstić information content (AvgIpc) is 2.90. The molecule has 22 heavy (non-hydrogen) atoms. The summed E-state index contributed by atoms with van der Waals surface area (Å²) in [5.74, 6) is 2.18. The molecule has 0 atom stereocenters. The molecular weight excluding hydrogens is 300 g/mol. The molecule has 0 amide bonds. The van der Waals surface area contributed by atoms with Crippen LogP contribution in [-0.2, 0) is 0 Å². The summed E-state index contributed by atoms with van der Waals surface area (Å²) in [6.07, 6.45) is 1.50. The van der Waals surface area contributed by atoms with Gasteiger partial charge in [0.1, 0.15) is 18.0 Å². The van der Waals surface area contributed by atoms with Gasteiger partial charge in [0.25, 0.3) is 0 Å². The first-order chi connectivity index (χ1) is 10.7. The Labute approximate surface area is 133 Å². The molecule has 0 spiro atoms. The van der Waals surface area contributed by atoms with Gasteiger partial charge in [-0.2, -0.15) is 9.78 Å². The van der Waals surface area contributed by atoms with Gasteiger partial charge in [0.05, 0.1) is 16.4 Å². The number of nitrogens with zero attached hydrogens (tertiary/aromatic N) is 4. The lowest BCUT2D eigenvalue weighted by Gasteiger charge is -2.10. The first kappa shape index (κ1) is 14.3. The van der Waals surface area contributed by atoms with Crippen molar-refractivity contribution in [2.45, 2.75) is 6.92 Å². The molecule has 0 bridgehead atoms. The monoisotopic (exact) mass is 314 g/mol. The maximum Gasteiger partial charge on any atom is 0.161 e. The number of rotatable bonds is 4. The smallest absolute Gasteiger partial charge is 0.161 e. The Morgan fingerprint density at radius 2 is 1.95 bits per heavy atom. The van der Waals surface area contributed by atoms with Crippen LogP contribution in [-0.4, -0.2) is 26.8 Å². The van der Waals surface area contributed by atoms with Gasteiger partial charge in [-0.25, -0.2) is 9.97 Å². The minimum absolute atomic E-state index is 0.645. The fraction of sp³-hybridized carbons (Fsp3) is 0.133. The van der Waals surface area contributed by atoms with Crippen LogP contribution in [0.3, 0.4) is 0 Å². The van der Waals surface area contributed by atoms with E-state index in [-0.39, 0.29) is 0 Å². The highest BCUT2D eigenvalue weighted by Gasteiger charge is 2.11. The molecular formula is C15H15ClN6. The summed E-state index contributed by atoms with van der Waals surface area (Å²) in [5.41, 5.74) is 1.69. The van der Waals surface area contributed by atoms with Gasteiger partial charge in [0.2, 0.25) is 0 Å². The van der Waals surface area contributed by atoms with Crippen molar-refractivity contribution in [2.75, 3.05) is 17.7 Å². The standard InChI is InChI=1S/C15H15ClN6/c1-10-7-15(20-12-6-4-3-5-11(12)16)22(21-10)14-8-13(17-2)18-9-19-14/h3-9,20H,1-2H3,(H,17,18,19). The topological polar surface area (TPSA) is 67.7 Å². The van der Waals surface area contributed by atoms with Crippen LogP contribution in [0.15, 0.2) is 42.7 Å². The Morgan fingerprint density at radius 1 is 1.14 bits per heavy atom. The molecule has 0 aliphatic carbocycles. The van der Waals surface area contributed by atoms with Crippen molar-refractivity contribution in [1.29, 1.82) is 0 Å². The molecule has 112 valence electrons. The zero-order chi connectivity index (χ0) is 15.5. The van der Waals surface area contributed by atoms with E-state index in [0.29, 0.717) is 10.8 Å². The van der Waals surface area contributed by atoms with Crippen molar-refractivity contribution in [3.8, 4) is 5.82 Å². The van der Waals surface area contributed by atoms with Gasteiger partial charge >= 0.3 is 0 Å². The first-order valence-electron chi connectivity index (χ1n) is 6.76. The van der Waals surface area contributed by atoms with E-state index < -0.39 is 0 Å². The lowest BCUT2D eigenvalue weighted by Crippen LogP contribution is -2.06. The van der Waals surface area contributed by atoms with E-state index in [1.807, 2.05) is 50.4 Å². The van der Waals surface area contributed by atoms with Crippen LogP contribution in [0.5, 0.6) is 0 Å².